The van der Waals surface area contributed by atoms with Gasteiger partial charge >= 0.3 is 0 Å². The van der Waals surface area contributed by atoms with Gasteiger partial charge < -0.3 is 4.90 Å². The third-order valence-corrected chi connectivity index (χ3v) is 3.40. The Balaban J connectivity index is 2.31. The number of carbonyl (C=O) groups excluding carboxylic acids is 1. The number of hydrogen-bond acceptors (Lipinski definition) is 2. The van der Waals surface area contributed by atoms with E-state index in [1.165, 1.54) is 0 Å². The van der Waals surface area contributed by atoms with Crippen LogP contribution in [-0.4, -0.2) is 12.5 Å². The second-order valence-corrected chi connectivity index (χ2v) is 4.70. The molecule has 84 valence electrons. The third kappa shape index (κ3) is 2.18. The quantitative estimate of drug-likeness (QED) is 0.745. The van der Waals surface area contributed by atoms with Gasteiger partial charge in [0.2, 0.25) is 5.91 Å². The van der Waals surface area contributed by atoms with Crippen LogP contribution >= 0.6 is 15.9 Å². The maximum atomic E-state index is 11.8. The molecule has 1 aliphatic rings. The molecule has 1 saturated heterocycles. The lowest BCUT2D eigenvalue weighted by molar-refractivity contribution is -0.117. The zero-order valence-electron chi connectivity index (χ0n) is 8.98. The molecule has 2 rings (SSSR count). The van der Waals surface area contributed by atoms with E-state index >= 15 is 0 Å². The molecule has 0 bridgehead atoms. The fourth-order valence-electron chi connectivity index (χ4n) is 1.83. The van der Waals surface area contributed by atoms with Gasteiger partial charge in [-0.05, 0) is 34.1 Å². The maximum absolute atomic E-state index is 11.8. The van der Waals surface area contributed by atoms with Crippen molar-refractivity contribution in [3.8, 4) is 18.4 Å². The molecule has 0 aromatic heterocycles. The highest BCUT2D eigenvalue weighted by atomic mass is 79.9. The molecule has 0 N–H and O–H groups in total. The van der Waals surface area contributed by atoms with Gasteiger partial charge in [-0.15, -0.1) is 12.3 Å². The van der Waals surface area contributed by atoms with E-state index in [0.29, 0.717) is 23.0 Å². The molecule has 1 aliphatic heterocycles. The van der Waals surface area contributed by atoms with Crippen molar-refractivity contribution in [2.75, 3.05) is 11.4 Å². The van der Waals surface area contributed by atoms with Gasteiger partial charge in [0.1, 0.15) is 6.07 Å². The maximum Gasteiger partial charge on any atom is 0.228 e. The highest BCUT2D eigenvalue weighted by Gasteiger charge is 2.29. The molecular weight excluding hydrogens is 280 g/mol. The summed E-state index contributed by atoms with van der Waals surface area (Å²) in [4.78, 5) is 13.4. The minimum Gasteiger partial charge on any atom is -0.311 e. The van der Waals surface area contributed by atoms with Crippen molar-refractivity contribution in [2.24, 2.45) is 5.92 Å². The number of nitriles is 1. The number of amides is 1. The number of anilines is 1. The number of hydrogen-bond donors (Lipinski definition) is 0. The topological polar surface area (TPSA) is 44.1 Å². The lowest BCUT2D eigenvalue weighted by atomic mass is 10.1. The van der Waals surface area contributed by atoms with Crippen molar-refractivity contribution in [1.82, 2.24) is 0 Å². The van der Waals surface area contributed by atoms with Crippen LogP contribution in [0, 0.1) is 29.6 Å². The minimum atomic E-state index is -0.0167. The Bertz CT molecular complexity index is 554. The van der Waals surface area contributed by atoms with E-state index in [4.69, 9.17) is 11.7 Å². The predicted octanol–water partition coefficient (Wildman–Crippen LogP) is 2.31. The summed E-state index contributed by atoms with van der Waals surface area (Å²) < 4.78 is 0.689. The molecule has 3 nitrogen and oxygen atoms in total. The summed E-state index contributed by atoms with van der Waals surface area (Å²) in [7, 11) is 0. The van der Waals surface area contributed by atoms with Crippen molar-refractivity contribution < 1.29 is 4.79 Å². The Kier molecular flexibility index (Phi) is 3.17. The molecule has 1 aromatic rings. The molecule has 0 aliphatic carbocycles. The zero-order valence-corrected chi connectivity index (χ0v) is 10.6. The fourth-order valence-corrected chi connectivity index (χ4v) is 2.29. The molecule has 1 atom stereocenters. The molecule has 0 radical (unpaired) electrons. The van der Waals surface area contributed by atoms with Gasteiger partial charge in [-0.25, -0.2) is 0 Å². The molecule has 1 amide bonds. The Morgan fingerprint density at radius 2 is 2.29 bits per heavy atom. The summed E-state index contributed by atoms with van der Waals surface area (Å²) in [6, 6.07) is 7.29. The van der Waals surface area contributed by atoms with Crippen LogP contribution in [0.2, 0.25) is 0 Å². The van der Waals surface area contributed by atoms with Gasteiger partial charge in [-0.2, -0.15) is 5.26 Å². The summed E-state index contributed by atoms with van der Waals surface area (Å²) in [5.74, 6) is 2.62. The first-order valence-corrected chi connectivity index (χ1v) is 5.91. The Morgan fingerprint density at radius 3 is 2.82 bits per heavy atom. The minimum absolute atomic E-state index is 0.0167. The Hall–Kier alpha value is -1.78. The van der Waals surface area contributed by atoms with Gasteiger partial charge in [-0.1, -0.05) is 0 Å². The van der Waals surface area contributed by atoms with Crippen LogP contribution in [0.3, 0.4) is 0 Å². The van der Waals surface area contributed by atoms with Crippen molar-refractivity contribution >= 4 is 27.5 Å². The first-order chi connectivity index (χ1) is 8.15. The fraction of sp³-hybridized carbons (Fsp3) is 0.231. The Labute approximate surface area is 108 Å². The van der Waals surface area contributed by atoms with Gasteiger partial charge in [0.05, 0.1) is 5.56 Å². The van der Waals surface area contributed by atoms with Gasteiger partial charge in [0.25, 0.3) is 0 Å². The summed E-state index contributed by atoms with van der Waals surface area (Å²) in [5.41, 5.74) is 1.33. The van der Waals surface area contributed by atoms with E-state index in [-0.39, 0.29) is 11.8 Å². The monoisotopic (exact) mass is 288 g/mol. The predicted molar refractivity (Wildman–Crippen MR) is 68.2 cm³/mol. The molecule has 17 heavy (non-hydrogen) atoms. The normalized spacial score (nSPS) is 18.9. The van der Waals surface area contributed by atoms with Gasteiger partial charge in [0, 0.05) is 29.0 Å². The average Bonchev–Trinajstić information content (AvgIpc) is 2.70. The molecule has 1 aromatic carbocycles. The molecule has 0 saturated carbocycles. The highest BCUT2D eigenvalue weighted by Crippen LogP contribution is 2.28. The SMILES string of the molecule is C#CC1CC(=O)N(c2ccc(C#N)c(Br)c2)C1. The second-order valence-electron chi connectivity index (χ2n) is 3.85. The van der Waals surface area contributed by atoms with Crippen LogP contribution in [0.1, 0.15) is 12.0 Å². The van der Waals surface area contributed by atoms with Gasteiger partial charge in [0.15, 0.2) is 0 Å². The van der Waals surface area contributed by atoms with Crippen LogP contribution < -0.4 is 4.90 Å². The van der Waals surface area contributed by atoms with Crippen LogP contribution in [0.25, 0.3) is 0 Å². The van der Waals surface area contributed by atoms with E-state index in [1.54, 1.807) is 23.1 Å². The second kappa shape index (κ2) is 4.61. The van der Waals surface area contributed by atoms with Gasteiger partial charge in [-0.3, -0.25) is 4.79 Å². The summed E-state index contributed by atoms with van der Waals surface area (Å²) >= 11 is 3.31. The summed E-state index contributed by atoms with van der Waals surface area (Å²) in [6.45, 7) is 0.549. The van der Waals surface area contributed by atoms with E-state index in [1.807, 2.05) is 0 Å². The van der Waals surface area contributed by atoms with E-state index in [2.05, 4.69) is 27.9 Å². The number of terminal acetylenes is 1. The summed E-state index contributed by atoms with van der Waals surface area (Å²) in [6.07, 6.45) is 5.73. The smallest absolute Gasteiger partial charge is 0.228 e. The van der Waals surface area contributed by atoms with Crippen molar-refractivity contribution in [3.05, 3.63) is 28.2 Å². The number of carbonyl (C=O) groups is 1. The summed E-state index contributed by atoms with van der Waals surface area (Å²) in [5, 5.41) is 8.82. The van der Waals surface area contributed by atoms with Crippen molar-refractivity contribution in [2.45, 2.75) is 6.42 Å². The van der Waals surface area contributed by atoms with Crippen molar-refractivity contribution in [1.29, 1.82) is 5.26 Å². The van der Waals surface area contributed by atoms with Crippen molar-refractivity contribution in [3.63, 3.8) is 0 Å². The molecule has 1 fully saturated rings. The molecule has 1 unspecified atom stereocenters. The van der Waals surface area contributed by atoms with Crippen LogP contribution in [0.4, 0.5) is 5.69 Å². The Morgan fingerprint density at radius 1 is 1.53 bits per heavy atom. The lowest BCUT2D eigenvalue weighted by Crippen LogP contribution is -2.24. The zero-order chi connectivity index (χ0) is 12.4. The van der Waals surface area contributed by atoms with E-state index in [0.717, 1.165) is 5.69 Å². The molecule has 0 spiro atoms. The first kappa shape index (κ1) is 11.7. The number of halogens is 1. The standard InChI is InChI=1S/C13H9BrN2O/c1-2-9-5-13(17)16(8-9)11-4-3-10(7-15)12(14)6-11/h1,3-4,6,9H,5,8H2. The number of rotatable bonds is 1. The average molecular weight is 289 g/mol. The van der Waals surface area contributed by atoms with E-state index < -0.39 is 0 Å². The molecular formula is C13H9BrN2O. The largest absolute Gasteiger partial charge is 0.311 e. The number of benzene rings is 1. The highest BCUT2D eigenvalue weighted by molar-refractivity contribution is 9.10. The molecule has 4 heteroatoms. The van der Waals surface area contributed by atoms with E-state index in [9.17, 15) is 4.79 Å². The lowest BCUT2D eigenvalue weighted by Gasteiger charge is -2.16. The molecule has 1 heterocycles. The third-order valence-electron chi connectivity index (χ3n) is 2.75. The van der Waals surface area contributed by atoms with Crippen LogP contribution in [0.5, 0.6) is 0 Å². The van der Waals surface area contributed by atoms with Crippen LogP contribution in [-0.2, 0) is 4.79 Å². The number of nitrogens with zero attached hydrogens (tertiary/aromatic N) is 2. The first-order valence-electron chi connectivity index (χ1n) is 5.12. The van der Waals surface area contributed by atoms with Crippen LogP contribution in [0.15, 0.2) is 22.7 Å².